The Morgan fingerprint density at radius 3 is 2.19 bits per heavy atom. The second kappa shape index (κ2) is 8.76. The molecule has 0 saturated heterocycles. The van der Waals surface area contributed by atoms with E-state index < -0.39 is 0 Å². The van der Waals surface area contributed by atoms with Gasteiger partial charge in [-0.15, -0.1) is 0 Å². The first-order chi connectivity index (χ1) is 13.0. The lowest BCUT2D eigenvalue weighted by Crippen LogP contribution is -2.07. The van der Waals surface area contributed by atoms with Crippen LogP contribution in [0.25, 0.3) is 6.08 Å². The summed E-state index contributed by atoms with van der Waals surface area (Å²) in [4.78, 5) is 12.1. The van der Waals surface area contributed by atoms with Crippen molar-refractivity contribution in [2.75, 3.05) is 5.32 Å². The zero-order chi connectivity index (χ0) is 19.2. The summed E-state index contributed by atoms with van der Waals surface area (Å²) in [6, 6.07) is 20.1. The van der Waals surface area contributed by atoms with Crippen molar-refractivity contribution in [1.82, 2.24) is 0 Å². The minimum atomic E-state index is -0.256. The van der Waals surface area contributed by atoms with Gasteiger partial charge in [0.15, 0.2) is 0 Å². The van der Waals surface area contributed by atoms with E-state index in [2.05, 4.69) is 5.32 Å². The van der Waals surface area contributed by atoms with Gasteiger partial charge in [0.05, 0.1) is 0 Å². The summed E-state index contributed by atoms with van der Waals surface area (Å²) < 4.78 is 5.77. The maximum absolute atomic E-state index is 12.1. The smallest absolute Gasteiger partial charge is 0.248 e. The van der Waals surface area contributed by atoms with Crippen LogP contribution in [0.2, 0.25) is 10.0 Å². The lowest BCUT2D eigenvalue weighted by atomic mass is 10.2. The highest BCUT2D eigenvalue weighted by Crippen LogP contribution is 2.24. The number of aryl methyl sites for hydroxylation is 1. The number of anilines is 1. The molecule has 0 heterocycles. The number of rotatable bonds is 5. The minimum absolute atomic E-state index is 0.256. The summed E-state index contributed by atoms with van der Waals surface area (Å²) in [6.45, 7) is 2.02. The standard InChI is InChI=1S/C22H17Cl2NO2/c1-15-2-9-19(10-3-15)27-20-11-7-18(8-12-20)25-22(26)13-5-16-4-6-17(23)14-21(16)24/h2-14H,1H3,(H,25,26)/b13-5+. The first-order valence-corrected chi connectivity index (χ1v) is 9.04. The van der Waals surface area contributed by atoms with Crippen LogP contribution in [0, 0.1) is 6.92 Å². The van der Waals surface area contributed by atoms with E-state index in [1.165, 1.54) is 11.6 Å². The Balaban J connectivity index is 1.59. The van der Waals surface area contributed by atoms with E-state index in [1.54, 1.807) is 48.5 Å². The first kappa shape index (κ1) is 19.0. The Kier molecular flexibility index (Phi) is 6.17. The number of hydrogen-bond acceptors (Lipinski definition) is 2. The summed E-state index contributed by atoms with van der Waals surface area (Å²) in [5.41, 5.74) is 2.56. The Morgan fingerprint density at radius 1 is 0.926 bits per heavy atom. The summed E-state index contributed by atoms with van der Waals surface area (Å²) in [5.74, 6) is 1.20. The highest BCUT2D eigenvalue weighted by atomic mass is 35.5. The summed E-state index contributed by atoms with van der Waals surface area (Å²) in [5, 5.41) is 3.83. The third-order valence-corrected chi connectivity index (χ3v) is 4.32. The van der Waals surface area contributed by atoms with Crippen molar-refractivity contribution >= 4 is 40.9 Å². The van der Waals surface area contributed by atoms with Crippen molar-refractivity contribution in [1.29, 1.82) is 0 Å². The number of halogens is 2. The molecule has 0 aliphatic rings. The lowest BCUT2D eigenvalue weighted by molar-refractivity contribution is -0.111. The molecule has 0 aliphatic carbocycles. The topological polar surface area (TPSA) is 38.3 Å². The zero-order valence-electron chi connectivity index (χ0n) is 14.6. The lowest BCUT2D eigenvalue weighted by Gasteiger charge is -2.07. The third-order valence-electron chi connectivity index (χ3n) is 3.76. The van der Waals surface area contributed by atoms with Gasteiger partial charge in [0.1, 0.15) is 11.5 Å². The average Bonchev–Trinajstić information content (AvgIpc) is 2.64. The summed E-state index contributed by atoms with van der Waals surface area (Å²) >= 11 is 11.9. The molecule has 0 radical (unpaired) electrons. The molecule has 5 heteroatoms. The molecule has 0 saturated carbocycles. The molecule has 0 aliphatic heterocycles. The quantitative estimate of drug-likeness (QED) is 0.483. The van der Waals surface area contributed by atoms with Gasteiger partial charge in [0.2, 0.25) is 5.91 Å². The Morgan fingerprint density at radius 2 is 1.56 bits per heavy atom. The SMILES string of the molecule is Cc1ccc(Oc2ccc(NC(=O)/C=C/c3ccc(Cl)cc3Cl)cc2)cc1. The van der Waals surface area contributed by atoms with Crippen molar-refractivity contribution in [2.45, 2.75) is 6.92 Å². The molecule has 0 spiro atoms. The predicted octanol–water partition coefficient (Wildman–Crippen LogP) is 6.75. The molecule has 3 rings (SSSR count). The van der Waals surface area contributed by atoms with E-state index in [0.29, 0.717) is 21.5 Å². The third kappa shape index (κ3) is 5.61. The van der Waals surface area contributed by atoms with Crippen LogP contribution in [0.4, 0.5) is 5.69 Å². The number of amides is 1. The molecule has 27 heavy (non-hydrogen) atoms. The van der Waals surface area contributed by atoms with Crippen LogP contribution in [0.1, 0.15) is 11.1 Å². The van der Waals surface area contributed by atoms with E-state index in [1.807, 2.05) is 31.2 Å². The van der Waals surface area contributed by atoms with Gasteiger partial charge in [0.25, 0.3) is 0 Å². The highest BCUT2D eigenvalue weighted by Gasteiger charge is 2.02. The number of carbonyl (C=O) groups excluding carboxylic acids is 1. The molecule has 0 unspecified atom stereocenters. The van der Waals surface area contributed by atoms with Crippen LogP contribution < -0.4 is 10.1 Å². The molecular weight excluding hydrogens is 381 g/mol. The van der Waals surface area contributed by atoms with Gasteiger partial charge in [-0.3, -0.25) is 4.79 Å². The molecule has 3 aromatic rings. The molecule has 0 bridgehead atoms. The molecule has 3 aromatic carbocycles. The molecule has 1 amide bonds. The van der Waals surface area contributed by atoms with E-state index in [0.717, 1.165) is 11.3 Å². The van der Waals surface area contributed by atoms with E-state index in [4.69, 9.17) is 27.9 Å². The molecule has 0 atom stereocenters. The van der Waals surface area contributed by atoms with Crippen LogP contribution in [-0.4, -0.2) is 5.91 Å². The van der Waals surface area contributed by atoms with Crippen molar-refractivity contribution in [2.24, 2.45) is 0 Å². The van der Waals surface area contributed by atoms with Crippen molar-refractivity contribution < 1.29 is 9.53 Å². The van der Waals surface area contributed by atoms with E-state index in [-0.39, 0.29) is 5.91 Å². The molecule has 136 valence electrons. The highest BCUT2D eigenvalue weighted by molar-refractivity contribution is 6.35. The van der Waals surface area contributed by atoms with Gasteiger partial charge in [-0.25, -0.2) is 0 Å². The molecule has 0 aromatic heterocycles. The summed E-state index contributed by atoms with van der Waals surface area (Å²) in [7, 11) is 0. The maximum Gasteiger partial charge on any atom is 0.248 e. The van der Waals surface area contributed by atoms with Gasteiger partial charge in [-0.1, -0.05) is 47.0 Å². The van der Waals surface area contributed by atoms with Crippen LogP contribution in [0.15, 0.2) is 72.8 Å². The van der Waals surface area contributed by atoms with E-state index >= 15 is 0 Å². The molecule has 3 nitrogen and oxygen atoms in total. The average molecular weight is 398 g/mol. The second-order valence-electron chi connectivity index (χ2n) is 5.93. The number of hydrogen-bond donors (Lipinski definition) is 1. The monoisotopic (exact) mass is 397 g/mol. The van der Waals surface area contributed by atoms with Crippen LogP contribution in [0.3, 0.4) is 0 Å². The van der Waals surface area contributed by atoms with Crippen molar-refractivity contribution in [3.05, 3.63) is 94.0 Å². The molecule has 0 fully saturated rings. The first-order valence-electron chi connectivity index (χ1n) is 8.28. The summed E-state index contributed by atoms with van der Waals surface area (Å²) in [6.07, 6.45) is 3.06. The van der Waals surface area contributed by atoms with Gasteiger partial charge in [-0.2, -0.15) is 0 Å². The number of benzene rings is 3. The van der Waals surface area contributed by atoms with Crippen LogP contribution in [0.5, 0.6) is 11.5 Å². The predicted molar refractivity (Wildman–Crippen MR) is 112 cm³/mol. The fraction of sp³-hybridized carbons (Fsp3) is 0.0455. The van der Waals surface area contributed by atoms with Gasteiger partial charge < -0.3 is 10.1 Å². The van der Waals surface area contributed by atoms with E-state index in [9.17, 15) is 4.79 Å². The minimum Gasteiger partial charge on any atom is -0.457 e. The number of carbonyl (C=O) groups is 1. The van der Waals surface area contributed by atoms with Gasteiger partial charge in [-0.05, 0) is 67.1 Å². The zero-order valence-corrected chi connectivity index (χ0v) is 16.1. The number of ether oxygens (including phenoxy) is 1. The Labute approximate surface area is 168 Å². The van der Waals surface area contributed by atoms with Crippen LogP contribution >= 0.6 is 23.2 Å². The molecular formula is C22H17Cl2NO2. The Bertz CT molecular complexity index is 965. The Hall–Kier alpha value is -2.75. The fourth-order valence-corrected chi connectivity index (χ4v) is 2.81. The second-order valence-corrected chi connectivity index (χ2v) is 6.77. The van der Waals surface area contributed by atoms with Crippen molar-refractivity contribution in [3.8, 4) is 11.5 Å². The molecule has 1 N–H and O–H groups in total. The normalized spacial score (nSPS) is 10.8. The van der Waals surface area contributed by atoms with Crippen LogP contribution in [-0.2, 0) is 4.79 Å². The number of nitrogens with one attached hydrogen (secondary N) is 1. The largest absolute Gasteiger partial charge is 0.457 e. The maximum atomic E-state index is 12.1. The van der Waals surface area contributed by atoms with Crippen molar-refractivity contribution in [3.63, 3.8) is 0 Å². The fourth-order valence-electron chi connectivity index (χ4n) is 2.33. The van der Waals surface area contributed by atoms with Gasteiger partial charge >= 0.3 is 0 Å². The van der Waals surface area contributed by atoms with Gasteiger partial charge in [0, 0.05) is 21.8 Å².